The van der Waals surface area contributed by atoms with E-state index in [-0.39, 0.29) is 17.9 Å². The summed E-state index contributed by atoms with van der Waals surface area (Å²) in [6, 6.07) is 3.22. The van der Waals surface area contributed by atoms with Crippen LogP contribution >= 0.6 is 0 Å². The highest BCUT2D eigenvalue weighted by molar-refractivity contribution is 6.12. The Morgan fingerprint density at radius 1 is 1.33 bits per heavy atom. The minimum absolute atomic E-state index is 0.159. The largest absolute Gasteiger partial charge is 0.459 e. The molecule has 0 atom stereocenters. The van der Waals surface area contributed by atoms with E-state index in [1.165, 1.54) is 17.0 Å². The summed E-state index contributed by atoms with van der Waals surface area (Å²) in [6.07, 6.45) is 1.30. The summed E-state index contributed by atoms with van der Waals surface area (Å²) >= 11 is 0. The normalized spacial score (nSPS) is 12.0. The molecule has 0 aliphatic heterocycles. The van der Waals surface area contributed by atoms with E-state index in [9.17, 15) is 9.18 Å². The van der Waals surface area contributed by atoms with Gasteiger partial charge in [-0.3, -0.25) is 4.79 Å². The number of rotatable bonds is 2. The van der Waals surface area contributed by atoms with Crippen molar-refractivity contribution < 1.29 is 13.9 Å². The zero-order chi connectivity index (χ0) is 17.6. The number of nitrogen functional groups attached to an aromatic ring is 1. The standard InChI is InChI=1S/C17H19FN4O2/c1-9-5-10-13-15(19)20-8-21-16(13)22(14(10)11(18)6-9)7-12(23)24-17(2,3)4/h5-6,8H,7H2,1-4H3,(H2,19,20,21). The lowest BCUT2D eigenvalue weighted by Crippen LogP contribution is -2.26. The van der Waals surface area contributed by atoms with Gasteiger partial charge in [0.1, 0.15) is 35.8 Å². The smallest absolute Gasteiger partial charge is 0.326 e. The molecule has 0 aliphatic carbocycles. The molecule has 2 N–H and O–H groups in total. The Morgan fingerprint density at radius 3 is 2.71 bits per heavy atom. The summed E-state index contributed by atoms with van der Waals surface area (Å²) in [6.45, 7) is 6.97. The van der Waals surface area contributed by atoms with Gasteiger partial charge < -0.3 is 15.0 Å². The summed E-state index contributed by atoms with van der Waals surface area (Å²) in [5.41, 5.74) is 6.77. The fraction of sp³-hybridized carbons (Fsp3) is 0.353. The Morgan fingerprint density at radius 2 is 2.04 bits per heavy atom. The topological polar surface area (TPSA) is 83.0 Å². The zero-order valence-corrected chi connectivity index (χ0v) is 14.1. The fourth-order valence-electron chi connectivity index (χ4n) is 2.81. The fourth-order valence-corrected chi connectivity index (χ4v) is 2.81. The lowest BCUT2D eigenvalue weighted by molar-refractivity contribution is -0.155. The Hall–Kier alpha value is -2.70. The van der Waals surface area contributed by atoms with Gasteiger partial charge in [-0.15, -0.1) is 0 Å². The maximum absolute atomic E-state index is 14.6. The van der Waals surface area contributed by atoms with Gasteiger partial charge in [0.05, 0.1) is 10.9 Å². The second kappa shape index (κ2) is 5.43. The van der Waals surface area contributed by atoms with Crippen LogP contribution in [0.1, 0.15) is 26.3 Å². The summed E-state index contributed by atoms with van der Waals surface area (Å²) in [7, 11) is 0. The first-order valence-corrected chi connectivity index (χ1v) is 7.58. The molecule has 7 heteroatoms. The molecule has 24 heavy (non-hydrogen) atoms. The minimum Gasteiger partial charge on any atom is -0.459 e. The molecular weight excluding hydrogens is 311 g/mol. The first kappa shape index (κ1) is 16.2. The molecule has 2 aromatic heterocycles. The van der Waals surface area contributed by atoms with Crippen molar-refractivity contribution in [1.82, 2.24) is 14.5 Å². The number of hydrogen-bond acceptors (Lipinski definition) is 5. The number of hydrogen-bond donors (Lipinski definition) is 1. The SMILES string of the molecule is Cc1cc(F)c2c(c1)c1c(N)ncnc1n2CC(=O)OC(C)(C)C. The lowest BCUT2D eigenvalue weighted by Gasteiger charge is -2.20. The van der Waals surface area contributed by atoms with E-state index in [0.29, 0.717) is 16.4 Å². The van der Waals surface area contributed by atoms with Crippen molar-refractivity contribution in [3.63, 3.8) is 0 Å². The average Bonchev–Trinajstić information content (AvgIpc) is 2.72. The molecule has 0 bridgehead atoms. The molecule has 0 unspecified atom stereocenters. The van der Waals surface area contributed by atoms with Crippen LogP contribution in [-0.4, -0.2) is 26.1 Å². The van der Waals surface area contributed by atoms with Gasteiger partial charge in [-0.2, -0.15) is 0 Å². The number of nitrogens with two attached hydrogens (primary N) is 1. The van der Waals surface area contributed by atoms with Crippen LogP contribution < -0.4 is 5.73 Å². The second-order valence-corrected chi connectivity index (χ2v) is 6.77. The molecule has 2 heterocycles. The van der Waals surface area contributed by atoms with Crippen LogP contribution in [0.25, 0.3) is 21.9 Å². The third-order valence-corrected chi connectivity index (χ3v) is 3.57. The molecule has 3 aromatic rings. The van der Waals surface area contributed by atoms with Gasteiger partial charge in [0.25, 0.3) is 0 Å². The number of fused-ring (bicyclic) bond motifs is 3. The van der Waals surface area contributed by atoms with Gasteiger partial charge in [-0.1, -0.05) is 0 Å². The molecule has 0 aliphatic rings. The summed E-state index contributed by atoms with van der Waals surface area (Å²) < 4.78 is 21.4. The van der Waals surface area contributed by atoms with E-state index in [0.717, 1.165) is 5.56 Å². The molecule has 0 amide bonds. The van der Waals surface area contributed by atoms with Crippen molar-refractivity contribution in [2.75, 3.05) is 5.73 Å². The zero-order valence-electron chi connectivity index (χ0n) is 14.1. The van der Waals surface area contributed by atoms with Gasteiger partial charge in [-0.05, 0) is 45.4 Å². The van der Waals surface area contributed by atoms with Crippen LogP contribution in [0, 0.1) is 12.7 Å². The van der Waals surface area contributed by atoms with Crippen LogP contribution in [0.2, 0.25) is 0 Å². The van der Waals surface area contributed by atoms with E-state index >= 15 is 0 Å². The Kier molecular flexibility index (Phi) is 3.66. The van der Waals surface area contributed by atoms with Crippen LogP contribution in [0.5, 0.6) is 0 Å². The number of nitrogens with zero attached hydrogens (tertiary/aromatic N) is 3. The predicted octanol–water partition coefficient (Wildman–Crippen LogP) is 2.96. The van der Waals surface area contributed by atoms with Crippen molar-refractivity contribution in [3.05, 3.63) is 29.8 Å². The molecule has 3 rings (SSSR count). The molecule has 126 valence electrons. The van der Waals surface area contributed by atoms with Crippen molar-refractivity contribution >= 4 is 33.7 Å². The summed E-state index contributed by atoms with van der Waals surface area (Å²) in [5, 5.41) is 1.13. The highest BCUT2D eigenvalue weighted by Crippen LogP contribution is 2.33. The monoisotopic (exact) mass is 330 g/mol. The highest BCUT2D eigenvalue weighted by atomic mass is 19.1. The molecule has 0 saturated heterocycles. The lowest BCUT2D eigenvalue weighted by atomic mass is 10.1. The Bertz CT molecular complexity index is 957. The molecule has 0 radical (unpaired) electrons. The first-order valence-electron chi connectivity index (χ1n) is 7.58. The molecule has 0 saturated carbocycles. The maximum Gasteiger partial charge on any atom is 0.326 e. The molecule has 1 aromatic carbocycles. The van der Waals surface area contributed by atoms with E-state index in [1.807, 2.05) is 6.07 Å². The van der Waals surface area contributed by atoms with Gasteiger partial charge in [0.15, 0.2) is 0 Å². The van der Waals surface area contributed by atoms with Crippen LogP contribution in [0.15, 0.2) is 18.5 Å². The minimum atomic E-state index is -0.626. The third kappa shape index (κ3) is 2.77. The Balaban J connectivity index is 2.26. The molecular formula is C17H19FN4O2. The van der Waals surface area contributed by atoms with Crippen molar-refractivity contribution in [1.29, 1.82) is 0 Å². The number of carbonyl (C=O) groups excluding carboxylic acids is 1. The van der Waals surface area contributed by atoms with E-state index in [1.54, 1.807) is 27.7 Å². The second-order valence-electron chi connectivity index (χ2n) is 6.77. The van der Waals surface area contributed by atoms with Gasteiger partial charge >= 0.3 is 5.97 Å². The van der Waals surface area contributed by atoms with E-state index < -0.39 is 17.4 Å². The third-order valence-electron chi connectivity index (χ3n) is 3.57. The predicted molar refractivity (Wildman–Crippen MR) is 90.0 cm³/mol. The number of aromatic nitrogens is 3. The van der Waals surface area contributed by atoms with E-state index in [4.69, 9.17) is 10.5 Å². The molecule has 0 spiro atoms. The Labute approximate surface area is 138 Å². The van der Waals surface area contributed by atoms with Crippen LogP contribution in [0.3, 0.4) is 0 Å². The first-order chi connectivity index (χ1) is 11.2. The van der Waals surface area contributed by atoms with Gasteiger partial charge in [0, 0.05) is 5.39 Å². The number of esters is 1. The highest BCUT2D eigenvalue weighted by Gasteiger charge is 2.22. The number of halogens is 1. The number of ether oxygens (including phenoxy) is 1. The quantitative estimate of drug-likeness (QED) is 0.730. The van der Waals surface area contributed by atoms with Crippen LogP contribution in [0.4, 0.5) is 10.2 Å². The average molecular weight is 330 g/mol. The van der Waals surface area contributed by atoms with Gasteiger partial charge in [-0.25, -0.2) is 14.4 Å². The van der Waals surface area contributed by atoms with E-state index in [2.05, 4.69) is 9.97 Å². The maximum atomic E-state index is 14.6. The molecule has 0 fully saturated rings. The van der Waals surface area contributed by atoms with Crippen molar-refractivity contribution in [3.8, 4) is 0 Å². The van der Waals surface area contributed by atoms with Gasteiger partial charge in [0.2, 0.25) is 0 Å². The van der Waals surface area contributed by atoms with Crippen molar-refractivity contribution in [2.24, 2.45) is 0 Å². The summed E-state index contributed by atoms with van der Waals surface area (Å²) in [4.78, 5) is 20.4. The van der Waals surface area contributed by atoms with Crippen molar-refractivity contribution in [2.45, 2.75) is 39.8 Å². The summed E-state index contributed by atoms with van der Waals surface area (Å²) in [5.74, 6) is -0.664. The number of anilines is 1. The number of aryl methyl sites for hydroxylation is 1. The number of benzene rings is 1. The van der Waals surface area contributed by atoms with Crippen LogP contribution in [-0.2, 0) is 16.1 Å². The molecule has 6 nitrogen and oxygen atoms in total. The number of carbonyl (C=O) groups is 1.